The largest absolute Gasteiger partial charge is 0.495 e. The number of hydrogen-bond acceptors (Lipinski definition) is 4. The van der Waals surface area contributed by atoms with E-state index in [1.807, 2.05) is 18.2 Å². The summed E-state index contributed by atoms with van der Waals surface area (Å²) in [5.74, 6) is 1.34. The summed E-state index contributed by atoms with van der Waals surface area (Å²) in [5.41, 5.74) is 1.78. The molecule has 1 aliphatic rings. The molecule has 0 saturated carbocycles. The highest BCUT2D eigenvalue weighted by Crippen LogP contribution is 2.22. The number of methoxy groups -OCH3 is 2. The number of piperidine rings is 1. The second-order valence-corrected chi connectivity index (χ2v) is 5.32. The van der Waals surface area contributed by atoms with Gasteiger partial charge in [-0.2, -0.15) is 5.26 Å². The standard InChI is InChI=1S/C16H22N2O2/c1-19-12-13-5-7-18(8-6-13)11-14-3-4-16(20-2)15(9-14)10-17/h3-4,9,13H,5-8,11-12H2,1-2H3. The van der Waals surface area contributed by atoms with Crippen LogP contribution < -0.4 is 4.74 Å². The topological polar surface area (TPSA) is 45.5 Å². The van der Waals surface area contributed by atoms with Crippen LogP contribution in [0.3, 0.4) is 0 Å². The number of nitriles is 1. The van der Waals surface area contributed by atoms with Gasteiger partial charge in [0.25, 0.3) is 0 Å². The quantitative estimate of drug-likeness (QED) is 0.827. The van der Waals surface area contributed by atoms with Crippen molar-refractivity contribution in [2.45, 2.75) is 19.4 Å². The van der Waals surface area contributed by atoms with E-state index in [1.54, 1.807) is 14.2 Å². The van der Waals surface area contributed by atoms with Crippen molar-refractivity contribution < 1.29 is 9.47 Å². The van der Waals surface area contributed by atoms with Crippen LogP contribution in [0, 0.1) is 17.2 Å². The molecule has 0 spiro atoms. The highest BCUT2D eigenvalue weighted by molar-refractivity contribution is 5.45. The van der Waals surface area contributed by atoms with Gasteiger partial charge < -0.3 is 9.47 Å². The fraction of sp³-hybridized carbons (Fsp3) is 0.562. The summed E-state index contributed by atoms with van der Waals surface area (Å²) < 4.78 is 10.4. The van der Waals surface area contributed by atoms with Gasteiger partial charge in [-0.3, -0.25) is 4.90 Å². The van der Waals surface area contributed by atoms with Gasteiger partial charge in [-0.05, 0) is 49.5 Å². The Bertz CT molecular complexity index is 474. The zero-order valence-electron chi connectivity index (χ0n) is 12.3. The third kappa shape index (κ3) is 3.72. The highest BCUT2D eigenvalue weighted by Gasteiger charge is 2.19. The van der Waals surface area contributed by atoms with Gasteiger partial charge in [0.05, 0.1) is 12.7 Å². The van der Waals surface area contributed by atoms with E-state index in [2.05, 4.69) is 11.0 Å². The Kier molecular flexibility index (Phi) is 5.40. The third-order valence-electron chi connectivity index (χ3n) is 3.90. The summed E-state index contributed by atoms with van der Waals surface area (Å²) in [5, 5.41) is 9.12. The normalized spacial score (nSPS) is 16.9. The minimum Gasteiger partial charge on any atom is -0.495 e. The molecule has 1 aromatic carbocycles. The Balaban J connectivity index is 1.93. The molecule has 0 N–H and O–H groups in total. The lowest BCUT2D eigenvalue weighted by Crippen LogP contribution is -2.34. The Morgan fingerprint density at radius 2 is 2.05 bits per heavy atom. The van der Waals surface area contributed by atoms with Crippen molar-refractivity contribution in [3.05, 3.63) is 29.3 Å². The summed E-state index contributed by atoms with van der Waals surface area (Å²) >= 11 is 0. The molecule has 1 aliphatic heterocycles. The van der Waals surface area contributed by atoms with E-state index in [4.69, 9.17) is 14.7 Å². The first-order valence-electron chi connectivity index (χ1n) is 7.05. The average Bonchev–Trinajstić information content (AvgIpc) is 2.49. The molecule has 20 heavy (non-hydrogen) atoms. The van der Waals surface area contributed by atoms with Gasteiger partial charge in [-0.1, -0.05) is 6.07 Å². The Morgan fingerprint density at radius 3 is 2.65 bits per heavy atom. The molecule has 0 amide bonds. The molecule has 108 valence electrons. The molecule has 1 saturated heterocycles. The lowest BCUT2D eigenvalue weighted by Gasteiger charge is -2.31. The van der Waals surface area contributed by atoms with E-state index < -0.39 is 0 Å². The first kappa shape index (κ1) is 14.8. The summed E-state index contributed by atoms with van der Waals surface area (Å²) in [6.07, 6.45) is 2.38. The van der Waals surface area contributed by atoms with E-state index in [0.717, 1.165) is 26.2 Å². The van der Waals surface area contributed by atoms with Gasteiger partial charge in [0, 0.05) is 20.3 Å². The van der Waals surface area contributed by atoms with Crippen LogP contribution in [0.5, 0.6) is 5.75 Å². The minimum atomic E-state index is 0.610. The van der Waals surface area contributed by atoms with Crippen LogP contribution >= 0.6 is 0 Å². The molecular formula is C16H22N2O2. The van der Waals surface area contributed by atoms with Crippen LogP contribution in [-0.2, 0) is 11.3 Å². The summed E-state index contributed by atoms with van der Waals surface area (Å²) in [6, 6.07) is 8.04. The van der Waals surface area contributed by atoms with Crippen LogP contribution in [0.2, 0.25) is 0 Å². The molecule has 4 heteroatoms. The van der Waals surface area contributed by atoms with Gasteiger partial charge in [0.1, 0.15) is 11.8 Å². The number of benzene rings is 1. The van der Waals surface area contributed by atoms with Gasteiger partial charge in [-0.25, -0.2) is 0 Å². The first-order chi connectivity index (χ1) is 9.76. The van der Waals surface area contributed by atoms with E-state index in [-0.39, 0.29) is 0 Å². The van der Waals surface area contributed by atoms with E-state index in [0.29, 0.717) is 17.2 Å². The van der Waals surface area contributed by atoms with Crippen LogP contribution in [0.4, 0.5) is 0 Å². The maximum absolute atomic E-state index is 9.12. The molecule has 2 rings (SSSR count). The molecular weight excluding hydrogens is 252 g/mol. The van der Waals surface area contributed by atoms with Crippen molar-refractivity contribution in [2.75, 3.05) is 33.9 Å². The number of ether oxygens (including phenoxy) is 2. The van der Waals surface area contributed by atoms with Crippen molar-refractivity contribution in [1.29, 1.82) is 5.26 Å². The smallest absolute Gasteiger partial charge is 0.136 e. The van der Waals surface area contributed by atoms with Crippen molar-refractivity contribution in [1.82, 2.24) is 4.90 Å². The molecule has 0 radical (unpaired) electrons. The van der Waals surface area contributed by atoms with Gasteiger partial charge in [0.15, 0.2) is 0 Å². The maximum atomic E-state index is 9.12. The first-order valence-corrected chi connectivity index (χ1v) is 7.05. The van der Waals surface area contributed by atoms with Gasteiger partial charge in [-0.15, -0.1) is 0 Å². The second-order valence-electron chi connectivity index (χ2n) is 5.32. The van der Waals surface area contributed by atoms with Crippen LogP contribution in [-0.4, -0.2) is 38.8 Å². The lowest BCUT2D eigenvalue weighted by atomic mass is 9.97. The van der Waals surface area contributed by atoms with E-state index in [1.165, 1.54) is 18.4 Å². The second kappa shape index (κ2) is 7.28. The van der Waals surface area contributed by atoms with E-state index in [9.17, 15) is 0 Å². The Hall–Kier alpha value is -1.57. The number of hydrogen-bond donors (Lipinski definition) is 0. The number of nitrogens with zero attached hydrogens (tertiary/aromatic N) is 2. The lowest BCUT2D eigenvalue weighted by molar-refractivity contribution is 0.0968. The van der Waals surface area contributed by atoms with Crippen LogP contribution in [0.1, 0.15) is 24.0 Å². The molecule has 1 fully saturated rings. The molecule has 0 aliphatic carbocycles. The molecule has 1 aromatic rings. The molecule has 0 atom stereocenters. The highest BCUT2D eigenvalue weighted by atomic mass is 16.5. The molecule has 0 aromatic heterocycles. The molecule has 0 unspecified atom stereocenters. The Morgan fingerprint density at radius 1 is 1.30 bits per heavy atom. The fourth-order valence-corrected chi connectivity index (χ4v) is 2.75. The fourth-order valence-electron chi connectivity index (χ4n) is 2.75. The summed E-state index contributed by atoms with van der Waals surface area (Å²) in [7, 11) is 3.36. The zero-order valence-corrected chi connectivity index (χ0v) is 12.3. The zero-order chi connectivity index (χ0) is 14.4. The van der Waals surface area contributed by atoms with Gasteiger partial charge >= 0.3 is 0 Å². The predicted octanol–water partition coefficient (Wildman–Crippen LogP) is 2.43. The molecule has 1 heterocycles. The van der Waals surface area contributed by atoms with Gasteiger partial charge in [0.2, 0.25) is 0 Å². The van der Waals surface area contributed by atoms with Crippen molar-refractivity contribution in [3.63, 3.8) is 0 Å². The molecule has 0 bridgehead atoms. The summed E-state index contributed by atoms with van der Waals surface area (Å²) in [4.78, 5) is 2.44. The minimum absolute atomic E-state index is 0.610. The number of rotatable bonds is 5. The maximum Gasteiger partial charge on any atom is 0.136 e. The van der Waals surface area contributed by atoms with Crippen molar-refractivity contribution in [2.24, 2.45) is 5.92 Å². The monoisotopic (exact) mass is 274 g/mol. The number of likely N-dealkylation sites (tertiary alicyclic amines) is 1. The van der Waals surface area contributed by atoms with Crippen molar-refractivity contribution >= 4 is 0 Å². The third-order valence-corrected chi connectivity index (χ3v) is 3.90. The predicted molar refractivity (Wildman–Crippen MR) is 77.6 cm³/mol. The molecule has 4 nitrogen and oxygen atoms in total. The summed E-state index contributed by atoms with van der Waals surface area (Å²) in [6.45, 7) is 3.97. The Labute approximate surface area is 120 Å². The van der Waals surface area contributed by atoms with Crippen molar-refractivity contribution in [3.8, 4) is 11.8 Å². The van der Waals surface area contributed by atoms with E-state index >= 15 is 0 Å². The average molecular weight is 274 g/mol. The SMILES string of the molecule is COCC1CCN(Cc2ccc(OC)c(C#N)c2)CC1. The van der Waals surface area contributed by atoms with Crippen LogP contribution in [0.15, 0.2) is 18.2 Å². The van der Waals surface area contributed by atoms with Crippen LogP contribution in [0.25, 0.3) is 0 Å².